The summed E-state index contributed by atoms with van der Waals surface area (Å²) in [7, 11) is 0. The van der Waals surface area contributed by atoms with Crippen LogP contribution in [0.4, 0.5) is 0 Å². The number of esters is 1. The predicted octanol–water partition coefficient (Wildman–Crippen LogP) is 4.37. The van der Waals surface area contributed by atoms with Crippen molar-refractivity contribution in [1.29, 1.82) is 0 Å². The van der Waals surface area contributed by atoms with Crippen molar-refractivity contribution in [3.05, 3.63) is 52.3 Å². The highest BCUT2D eigenvalue weighted by Gasteiger charge is 2.15. The zero-order chi connectivity index (χ0) is 23.1. The van der Waals surface area contributed by atoms with E-state index in [-0.39, 0.29) is 12.5 Å². The summed E-state index contributed by atoms with van der Waals surface area (Å²) in [5.74, 6) is 0.283. The van der Waals surface area contributed by atoms with E-state index in [9.17, 15) is 9.59 Å². The molecule has 32 heavy (non-hydrogen) atoms. The second-order valence-electron chi connectivity index (χ2n) is 6.88. The zero-order valence-corrected chi connectivity index (χ0v) is 19.7. The fourth-order valence-electron chi connectivity index (χ4n) is 3.25. The second kappa shape index (κ2) is 10.9. The number of hydrogen-bond donors (Lipinski definition) is 0. The van der Waals surface area contributed by atoms with E-state index in [1.54, 1.807) is 29.7 Å². The number of rotatable bonds is 9. The smallest absolute Gasteiger partial charge is 0.326 e. The van der Waals surface area contributed by atoms with Gasteiger partial charge in [-0.1, -0.05) is 24.3 Å². The quantitative estimate of drug-likeness (QED) is 0.447. The summed E-state index contributed by atoms with van der Waals surface area (Å²) in [4.78, 5) is 30.0. The van der Waals surface area contributed by atoms with Gasteiger partial charge >= 0.3 is 5.97 Å². The summed E-state index contributed by atoms with van der Waals surface area (Å²) in [6.45, 7) is 8.82. The molecule has 1 aromatic heterocycles. The highest BCUT2D eigenvalue weighted by Crippen LogP contribution is 2.29. The lowest BCUT2D eigenvalue weighted by atomic mass is 10.2. The molecule has 170 valence electrons. The minimum absolute atomic E-state index is 0.0150. The molecule has 1 heterocycles. The summed E-state index contributed by atoms with van der Waals surface area (Å²) >= 11 is 1.37. The van der Waals surface area contributed by atoms with Crippen molar-refractivity contribution in [2.75, 3.05) is 19.8 Å². The maximum absolute atomic E-state index is 13.0. The van der Waals surface area contributed by atoms with Gasteiger partial charge in [0, 0.05) is 5.56 Å². The monoisotopic (exact) mass is 456 g/mol. The molecule has 2 aromatic carbocycles. The largest absolute Gasteiger partial charge is 0.490 e. The summed E-state index contributed by atoms with van der Waals surface area (Å²) in [5.41, 5.74) is 2.40. The van der Waals surface area contributed by atoms with E-state index in [2.05, 4.69) is 18.0 Å². The summed E-state index contributed by atoms with van der Waals surface area (Å²) in [6, 6.07) is 11.0. The van der Waals surface area contributed by atoms with E-state index in [0.29, 0.717) is 41.7 Å². The standard InChI is InChI=1S/C24H28N2O5S/c1-5-16-9-11-18-21(13-16)32-24(26(18)15-22(27)31-8-4)25-23(28)17-10-12-19(29-6-2)20(14-17)30-7-3/h9-14H,5-8,15H2,1-4H3. The Hall–Kier alpha value is -3.13. The van der Waals surface area contributed by atoms with Gasteiger partial charge in [0.15, 0.2) is 16.3 Å². The summed E-state index contributed by atoms with van der Waals surface area (Å²) in [6.07, 6.45) is 0.892. The lowest BCUT2D eigenvalue weighted by molar-refractivity contribution is -0.143. The first-order valence-corrected chi connectivity index (χ1v) is 11.6. The number of nitrogens with zero attached hydrogens (tertiary/aromatic N) is 2. The molecule has 0 aliphatic carbocycles. The third-order valence-corrected chi connectivity index (χ3v) is 5.78. The first-order valence-electron chi connectivity index (χ1n) is 10.8. The third kappa shape index (κ3) is 5.37. The lowest BCUT2D eigenvalue weighted by Crippen LogP contribution is -2.23. The molecule has 0 fully saturated rings. The number of amides is 1. The molecule has 0 bridgehead atoms. The second-order valence-corrected chi connectivity index (χ2v) is 7.89. The van der Waals surface area contributed by atoms with Crippen LogP contribution < -0.4 is 14.3 Å². The van der Waals surface area contributed by atoms with Crippen LogP contribution in [0.2, 0.25) is 0 Å². The fraction of sp³-hybridized carbons (Fsp3) is 0.375. The van der Waals surface area contributed by atoms with E-state index >= 15 is 0 Å². The van der Waals surface area contributed by atoms with Crippen molar-refractivity contribution in [1.82, 2.24) is 4.57 Å². The normalized spacial score (nSPS) is 11.6. The number of thiazole rings is 1. The van der Waals surface area contributed by atoms with Crippen molar-refractivity contribution in [2.45, 2.75) is 40.7 Å². The van der Waals surface area contributed by atoms with Crippen molar-refractivity contribution in [3.8, 4) is 11.5 Å². The van der Waals surface area contributed by atoms with Gasteiger partial charge in [-0.2, -0.15) is 4.99 Å². The van der Waals surface area contributed by atoms with Gasteiger partial charge in [-0.15, -0.1) is 0 Å². The van der Waals surface area contributed by atoms with E-state index in [4.69, 9.17) is 14.2 Å². The minimum Gasteiger partial charge on any atom is -0.490 e. The van der Waals surface area contributed by atoms with Gasteiger partial charge in [0.2, 0.25) is 0 Å². The van der Waals surface area contributed by atoms with Crippen LogP contribution in [-0.4, -0.2) is 36.3 Å². The molecule has 3 rings (SSSR count). The number of aryl methyl sites for hydroxylation is 1. The number of ether oxygens (including phenoxy) is 3. The molecule has 0 saturated carbocycles. The van der Waals surface area contributed by atoms with Crippen LogP contribution in [0, 0.1) is 0 Å². The summed E-state index contributed by atoms with van der Waals surface area (Å²) < 4.78 is 19.0. The lowest BCUT2D eigenvalue weighted by Gasteiger charge is -2.11. The SMILES string of the molecule is CCOC(=O)Cn1c(=NC(=O)c2ccc(OCC)c(OCC)c2)sc2cc(CC)ccc21. The highest BCUT2D eigenvalue weighted by atomic mass is 32.1. The van der Waals surface area contributed by atoms with Crippen molar-refractivity contribution in [3.63, 3.8) is 0 Å². The molecular formula is C24H28N2O5S. The first kappa shape index (κ1) is 23.5. The van der Waals surface area contributed by atoms with Crippen LogP contribution in [0.3, 0.4) is 0 Å². The van der Waals surface area contributed by atoms with Gasteiger partial charge in [0.1, 0.15) is 6.54 Å². The molecule has 7 nitrogen and oxygen atoms in total. The number of fused-ring (bicyclic) bond motifs is 1. The Kier molecular flexibility index (Phi) is 8.05. The Labute approximate surface area is 191 Å². The molecule has 0 spiro atoms. The average molecular weight is 457 g/mol. The number of carbonyl (C=O) groups excluding carboxylic acids is 2. The molecular weight excluding hydrogens is 428 g/mol. The van der Waals surface area contributed by atoms with Crippen LogP contribution in [0.15, 0.2) is 41.4 Å². The van der Waals surface area contributed by atoms with Crippen LogP contribution in [0.1, 0.15) is 43.6 Å². The topological polar surface area (TPSA) is 79.1 Å². The van der Waals surface area contributed by atoms with Crippen molar-refractivity contribution < 1.29 is 23.8 Å². The highest BCUT2D eigenvalue weighted by molar-refractivity contribution is 7.16. The van der Waals surface area contributed by atoms with Crippen molar-refractivity contribution in [2.24, 2.45) is 4.99 Å². The predicted molar refractivity (Wildman–Crippen MR) is 124 cm³/mol. The van der Waals surface area contributed by atoms with Gasteiger partial charge in [0.25, 0.3) is 5.91 Å². The number of hydrogen-bond acceptors (Lipinski definition) is 6. The molecule has 0 N–H and O–H groups in total. The molecule has 0 atom stereocenters. The molecule has 0 aliphatic heterocycles. The van der Waals surface area contributed by atoms with Gasteiger partial charge in [-0.3, -0.25) is 9.59 Å². The maximum atomic E-state index is 13.0. The van der Waals surface area contributed by atoms with Gasteiger partial charge in [0.05, 0.1) is 30.0 Å². The Morgan fingerprint density at radius 3 is 2.38 bits per heavy atom. The van der Waals surface area contributed by atoms with Crippen LogP contribution in [0.5, 0.6) is 11.5 Å². The van der Waals surface area contributed by atoms with Crippen LogP contribution in [0.25, 0.3) is 10.2 Å². The fourth-order valence-corrected chi connectivity index (χ4v) is 4.34. The third-order valence-electron chi connectivity index (χ3n) is 4.74. The molecule has 0 aliphatic rings. The summed E-state index contributed by atoms with van der Waals surface area (Å²) in [5, 5.41) is 0. The van der Waals surface area contributed by atoms with Crippen molar-refractivity contribution >= 4 is 33.4 Å². The van der Waals surface area contributed by atoms with Gasteiger partial charge < -0.3 is 18.8 Å². The Balaban J connectivity index is 2.06. The van der Waals surface area contributed by atoms with Crippen LogP contribution in [-0.2, 0) is 22.5 Å². The maximum Gasteiger partial charge on any atom is 0.326 e. The molecule has 0 unspecified atom stereocenters. The van der Waals surface area contributed by atoms with E-state index in [1.807, 2.05) is 26.0 Å². The molecule has 3 aromatic rings. The Bertz CT molecular complexity index is 1180. The first-order chi connectivity index (χ1) is 15.5. The molecule has 0 radical (unpaired) electrons. The number of aromatic nitrogens is 1. The van der Waals surface area contributed by atoms with Gasteiger partial charge in [-0.05, 0) is 63.1 Å². The molecule has 8 heteroatoms. The number of carbonyl (C=O) groups is 2. The van der Waals surface area contributed by atoms with E-state index in [1.165, 1.54) is 16.9 Å². The zero-order valence-electron chi connectivity index (χ0n) is 18.8. The Morgan fingerprint density at radius 2 is 1.69 bits per heavy atom. The molecule has 1 amide bonds. The van der Waals surface area contributed by atoms with E-state index < -0.39 is 5.91 Å². The Morgan fingerprint density at radius 1 is 0.938 bits per heavy atom. The van der Waals surface area contributed by atoms with E-state index in [0.717, 1.165) is 16.6 Å². The minimum atomic E-state index is -0.422. The average Bonchev–Trinajstić information content (AvgIpc) is 3.11. The number of benzene rings is 2. The van der Waals surface area contributed by atoms with Crippen LogP contribution >= 0.6 is 11.3 Å². The van der Waals surface area contributed by atoms with Gasteiger partial charge in [-0.25, -0.2) is 0 Å². The molecule has 0 saturated heterocycles.